The number of nitrogens with one attached hydrogen (secondary N) is 1. The maximum absolute atomic E-state index is 11.5. The summed E-state index contributed by atoms with van der Waals surface area (Å²) in [6, 6.07) is 3.94. The molecule has 1 unspecified atom stereocenters. The van der Waals surface area contributed by atoms with E-state index < -0.39 is 0 Å². The lowest BCUT2D eigenvalue weighted by Gasteiger charge is -2.35. The predicted octanol–water partition coefficient (Wildman–Crippen LogP) is 2.16. The summed E-state index contributed by atoms with van der Waals surface area (Å²) >= 11 is 0. The average Bonchev–Trinajstić information content (AvgIpc) is 2.83. The number of rotatable bonds is 4. The van der Waals surface area contributed by atoms with Crippen LogP contribution in [0.3, 0.4) is 0 Å². The minimum absolute atomic E-state index is 0.0457. The fourth-order valence-corrected chi connectivity index (χ4v) is 3.13. The Morgan fingerprint density at radius 1 is 1.48 bits per heavy atom. The van der Waals surface area contributed by atoms with E-state index >= 15 is 0 Å². The zero-order valence-electron chi connectivity index (χ0n) is 12.5. The maximum Gasteiger partial charge on any atom is 0.228 e. The number of carbonyl (C=O) groups excluding carboxylic acids is 1. The molecule has 0 aliphatic carbocycles. The van der Waals surface area contributed by atoms with Gasteiger partial charge in [0.25, 0.3) is 0 Å². The first-order chi connectivity index (χ1) is 10.2. The average molecular weight is 289 g/mol. The lowest BCUT2D eigenvalue weighted by molar-refractivity contribution is -0.115. The quantitative estimate of drug-likeness (QED) is 0.834. The van der Waals surface area contributed by atoms with Crippen molar-refractivity contribution in [1.29, 1.82) is 0 Å². The molecule has 2 heterocycles. The highest BCUT2D eigenvalue weighted by atomic mass is 16.5. The highest BCUT2D eigenvalue weighted by Crippen LogP contribution is 2.35. The van der Waals surface area contributed by atoms with Crippen LogP contribution in [0.25, 0.3) is 0 Å². The van der Waals surface area contributed by atoms with Crippen molar-refractivity contribution < 1.29 is 9.53 Å². The molecule has 0 spiro atoms. The fourth-order valence-electron chi connectivity index (χ4n) is 3.13. The van der Waals surface area contributed by atoms with Gasteiger partial charge in [0.1, 0.15) is 0 Å². The van der Waals surface area contributed by atoms with Crippen molar-refractivity contribution in [2.24, 2.45) is 0 Å². The molecular weight excluding hydrogens is 266 g/mol. The predicted molar refractivity (Wildman–Crippen MR) is 84.7 cm³/mol. The third-order valence-corrected chi connectivity index (χ3v) is 4.15. The van der Waals surface area contributed by atoms with E-state index in [1.165, 1.54) is 0 Å². The van der Waals surface area contributed by atoms with Gasteiger partial charge in [-0.3, -0.25) is 4.79 Å². The fraction of sp³-hybridized carbons (Fsp3) is 0.562. The lowest BCUT2D eigenvalue weighted by atomic mass is 10.0. The normalized spacial score (nSPS) is 21.3. The molecule has 0 bridgehead atoms. The number of nitrogens with two attached hydrogens (primary N) is 1. The summed E-state index contributed by atoms with van der Waals surface area (Å²) < 4.78 is 5.88. The van der Waals surface area contributed by atoms with Crippen molar-refractivity contribution in [2.45, 2.75) is 38.7 Å². The Bertz CT molecular complexity index is 545. The van der Waals surface area contributed by atoms with Gasteiger partial charge in [0, 0.05) is 25.4 Å². The highest BCUT2D eigenvalue weighted by molar-refractivity contribution is 6.00. The summed E-state index contributed by atoms with van der Waals surface area (Å²) in [6.45, 7) is 4.80. The molecule has 3 rings (SSSR count). The number of ether oxygens (including phenoxy) is 1. The highest BCUT2D eigenvalue weighted by Gasteiger charge is 2.25. The molecule has 1 atom stereocenters. The Morgan fingerprint density at radius 2 is 2.33 bits per heavy atom. The van der Waals surface area contributed by atoms with Gasteiger partial charge < -0.3 is 20.7 Å². The van der Waals surface area contributed by atoms with Crippen molar-refractivity contribution in [3.63, 3.8) is 0 Å². The molecule has 1 amide bonds. The van der Waals surface area contributed by atoms with E-state index in [9.17, 15) is 4.79 Å². The van der Waals surface area contributed by atoms with Gasteiger partial charge in [0.2, 0.25) is 5.91 Å². The molecule has 114 valence electrons. The van der Waals surface area contributed by atoms with Crippen LogP contribution in [0.5, 0.6) is 0 Å². The monoisotopic (exact) mass is 289 g/mol. The number of anilines is 3. The number of nitrogen functional groups attached to an aromatic ring is 1. The Hall–Kier alpha value is -1.75. The standard InChI is InChI=1S/C16H23N3O2/c1-2-6-21-12-4-3-5-19(10-12)15-9-14-11(7-13(15)17)8-16(20)18-14/h7,9,12H,2-6,8,10,17H2,1H3,(H,18,20). The largest absolute Gasteiger partial charge is 0.397 e. The molecule has 0 radical (unpaired) electrons. The van der Waals surface area contributed by atoms with Crippen molar-refractivity contribution in [3.05, 3.63) is 17.7 Å². The molecule has 1 aromatic carbocycles. The van der Waals surface area contributed by atoms with Gasteiger partial charge in [0.15, 0.2) is 0 Å². The second-order valence-electron chi connectivity index (χ2n) is 5.87. The smallest absolute Gasteiger partial charge is 0.228 e. The summed E-state index contributed by atoms with van der Waals surface area (Å²) in [5.74, 6) is 0.0457. The molecule has 21 heavy (non-hydrogen) atoms. The third kappa shape index (κ3) is 2.97. The number of nitrogens with zero attached hydrogens (tertiary/aromatic N) is 1. The Labute approximate surface area is 125 Å². The molecule has 0 aromatic heterocycles. The molecule has 5 heteroatoms. The van der Waals surface area contributed by atoms with Crippen LogP contribution < -0.4 is 16.0 Å². The Balaban J connectivity index is 1.77. The zero-order valence-corrected chi connectivity index (χ0v) is 12.5. The molecule has 1 fully saturated rings. The lowest BCUT2D eigenvalue weighted by Crippen LogP contribution is -2.40. The minimum Gasteiger partial charge on any atom is -0.397 e. The molecule has 2 aliphatic heterocycles. The van der Waals surface area contributed by atoms with Gasteiger partial charge in [-0.2, -0.15) is 0 Å². The van der Waals surface area contributed by atoms with Gasteiger partial charge in [-0.15, -0.1) is 0 Å². The van der Waals surface area contributed by atoms with Crippen LogP contribution in [0.1, 0.15) is 31.7 Å². The van der Waals surface area contributed by atoms with Crippen molar-refractivity contribution in [3.8, 4) is 0 Å². The maximum atomic E-state index is 11.5. The number of amides is 1. The number of carbonyl (C=O) groups is 1. The van der Waals surface area contributed by atoms with Crippen LogP contribution in [-0.2, 0) is 16.0 Å². The number of piperidine rings is 1. The van der Waals surface area contributed by atoms with Crippen LogP contribution in [0, 0.1) is 0 Å². The van der Waals surface area contributed by atoms with E-state index in [1.54, 1.807) is 0 Å². The minimum atomic E-state index is 0.0457. The van der Waals surface area contributed by atoms with Gasteiger partial charge in [0.05, 0.1) is 23.9 Å². The van der Waals surface area contributed by atoms with Crippen LogP contribution >= 0.6 is 0 Å². The summed E-state index contributed by atoms with van der Waals surface area (Å²) in [4.78, 5) is 13.8. The van der Waals surface area contributed by atoms with Crippen molar-refractivity contribution >= 4 is 23.0 Å². The molecular formula is C16H23N3O2. The summed E-state index contributed by atoms with van der Waals surface area (Å²) in [6.07, 6.45) is 3.97. The summed E-state index contributed by atoms with van der Waals surface area (Å²) in [5, 5.41) is 2.90. The van der Waals surface area contributed by atoms with E-state index in [0.717, 1.165) is 61.6 Å². The molecule has 3 N–H and O–H groups in total. The van der Waals surface area contributed by atoms with Gasteiger partial charge in [-0.25, -0.2) is 0 Å². The van der Waals surface area contributed by atoms with E-state index in [1.807, 2.05) is 12.1 Å². The first-order valence-corrected chi connectivity index (χ1v) is 7.76. The van der Waals surface area contributed by atoms with Gasteiger partial charge in [-0.1, -0.05) is 6.92 Å². The summed E-state index contributed by atoms with van der Waals surface area (Å²) in [5.41, 5.74) is 9.86. The third-order valence-electron chi connectivity index (χ3n) is 4.15. The van der Waals surface area contributed by atoms with Gasteiger partial charge >= 0.3 is 0 Å². The zero-order chi connectivity index (χ0) is 14.8. The molecule has 5 nitrogen and oxygen atoms in total. The number of hydrogen-bond acceptors (Lipinski definition) is 4. The summed E-state index contributed by atoms with van der Waals surface area (Å²) in [7, 11) is 0. The van der Waals surface area contributed by atoms with E-state index in [4.69, 9.17) is 10.5 Å². The van der Waals surface area contributed by atoms with E-state index in [-0.39, 0.29) is 12.0 Å². The number of benzene rings is 1. The number of fused-ring (bicyclic) bond motifs is 1. The van der Waals surface area contributed by atoms with Crippen LogP contribution in [0.4, 0.5) is 17.1 Å². The second kappa shape index (κ2) is 5.93. The molecule has 1 aromatic rings. The Kier molecular flexibility index (Phi) is 4.01. The first kappa shape index (κ1) is 14.2. The van der Waals surface area contributed by atoms with Crippen LogP contribution in [-0.4, -0.2) is 31.7 Å². The van der Waals surface area contributed by atoms with Crippen LogP contribution in [0.15, 0.2) is 12.1 Å². The van der Waals surface area contributed by atoms with Crippen LogP contribution in [0.2, 0.25) is 0 Å². The van der Waals surface area contributed by atoms with Crippen molar-refractivity contribution in [2.75, 3.05) is 35.6 Å². The molecule has 1 saturated heterocycles. The molecule has 0 saturated carbocycles. The number of hydrogen-bond donors (Lipinski definition) is 2. The van der Waals surface area contributed by atoms with Gasteiger partial charge in [-0.05, 0) is 37.0 Å². The van der Waals surface area contributed by atoms with Crippen molar-refractivity contribution in [1.82, 2.24) is 0 Å². The SMILES string of the molecule is CCCOC1CCCN(c2cc3c(cc2N)CC(=O)N3)C1. The first-order valence-electron chi connectivity index (χ1n) is 7.76. The Morgan fingerprint density at radius 3 is 3.14 bits per heavy atom. The molecule has 2 aliphatic rings. The van der Waals surface area contributed by atoms with E-state index in [2.05, 4.69) is 17.1 Å². The van der Waals surface area contributed by atoms with E-state index in [0.29, 0.717) is 6.42 Å². The second-order valence-corrected chi connectivity index (χ2v) is 5.87. The topological polar surface area (TPSA) is 67.6 Å².